The molecule has 0 aromatic heterocycles. The molecule has 0 radical (unpaired) electrons. The third-order valence-corrected chi connectivity index (χ3v) is 8.13. The van der Waals surface area contributed by atoms with Crippen molar-refractivity contribution in [3.8, 4) is 17.2 Å². The van der Waals surface area contributed by atoms with Gasteiger partial charge < -0.3 is 19.5 Å². The highest BCUT2D eigenvalue weighted by Crippen LogP contribution is 2.38. The molecule has 9 heteroatoms. The van der Waals surface area contributed by atoms with E-state index in [1.54, 1.807) is 24.3 Å². The molecule has 1 aliphatic heterocycles. The predicted molar refractivity (Wildman–Crippen MR) is 146 cm³/mol. The number of methoxy groups -OCH3 is 1. The molecule has 4 aromatic rings. The van der Waals surface area contributed by atoms with E-state index in [4.69, 9.17) is 14.2 Å². The lowest BCUT2D eigenvalue weighted by Gasteiger charge is -2.35. The molecule has 5 rings (SSSR count). The van der Waals surface area contributed by atoms with Crippen molar-refractivity contribution in [2.45, 2.75) is 17.9 Å². The minimum Gasteiger partial charge on any atom is -0.497 e. The highest BCUT2D eigenvalue weighted by Gasteiger charge is 2.37. The van der Waals surface area contributed by atoms with E-state index in [-0.39, 0.29) is 24.6 Å². The Hall–Kier alpha value is -4.24. The molecule has 1 N–H and O–H groups in total. The lowest BCUT2D eigenvalue weighted by molar-refractivity contribution is -0.127. The van der Waals surface area contributed by atoms with Crippen LogP contribution in [0.5, 0.6) is 17.2 Å². The van der Waals surface area contributed by atoms with Gasteiger partial charge in [-0.05, 0) is 60.3 Å². The SMILES string of the molecule is COc1ccc(S(=O)(=O)N2C[C@H](C(=O)NCCOc3cccc4ccccc34)Oc3cc(C)ccc32)cc1. The van der Waals surface area contributed by atoms with Gasteiger partial charge in [-0.25, -0.2) is 8.42 Å². The third-order valence-electron chi connectivity index (χ3n) is 6.33. The van der Waals surface area contributed by atoms with Crippen molar-refractivity contribution in [3.63, 3.8) is 0 Å². The summed E-state index contributed by atoms with van der Waals surface area (Å²) in [6.45, 7) is 2.19. The summed E-state index contributed by atoms with van der Waals surface area (Å²) in [6.07, 6.45) is -1.03. The van der Waals surface area contributed by atoms with Crippen molar-refractivity contribution in [1.29, 1.82) is 0 Å². The Labute approximate surface area is 221 Å². The van der Waals surface area contributed by atoms with E-state index in [1.165, 1.54) is 23.5 Å². The quantitative estimate of drug-likeness (QED) is 0.340. The molecule has 8 nitrogen and oxygen atoms in total. The molecule has 1 heterocycles. The minimum absolute atomic E-state index is 0.0920. The van der Waals surface area contributed by atoms with Gasteiger partial charge in [0.25, 0.3) is 15.9 Å². The summed E-state index contributed by atoms with van der Waals surface area (Å²) in [4.78, 5) is 13.2. The molecule has 4 aromatic carbocycles. The molecule has 0 aliphatic carbocycles. The van der Waals surface area contributed by atoms with Crippen molar-refractivity contribution in [3.05, 3.63) is 90.5 Å². The molecule has 1 aliphatic rings. The van der Waals surface area contributed by atoms with Crippen LogP contribution in [0.25, 0.3) is 10.8 Å². The van der Waals surface area contributed by atoms with Crippen LogP contribution >= 0.6 is 0 Å². The van der Waals surface area contributed by atoms with Crippen molar-refractivity contribution in [1.82, 2.24) is 5.32 Å². The summed E-state index contributed by atoms with van der Waals surface area (Å²) < 4.78 is 45.5. The number of sulfonamides is 1. The van der Waals surface area contributed by atoms with E-state index in [1.807, 2.05) is 55.5 Å². The van der Waals surface area contributed by atoms with Gasteiger partial charge in [0.15, 0.2) is 6.10 Å². The fourth-order valence-corrected chi connectivity index (χ4v) is 5.85. The number of ether oxygens (including phenoxy) is 3. The van der Waals surface area contributed by atoms with Crippen LogP contribution in [-0.2, 0) is 14.8 Å². The number of benzene rings is 4. The monoisotopic (exact) mass is 532 g/mol. The number of carbonyl (C=O) groups excluding carboxylic acids is 1. The standard InChI is InChI=1S/C29H28N2O6S/c1-20-10-15-25-27(18-20)37-28(19-31(25)38(33,34)23-13-11-22(35-2)12-14-23)29(32)30-16-17-36-26-9-5-7-21-6-3-4-8-24(21)26/h3-15,18,28H,16-17,19H2,1-2H3,(H,30,32)/t28-/m1/s1. The zero-order valence-electron chi connectivity index (χ0n) is 21.1. The molecule has 1 amide bonds. The number of hydrogen-bond donors (Lipinski definition) is 1. The first-order valence-corrected chi connectivity index (χ1v) is 13.6. The Bertz CT molecular complexity index is 1560. The summed E-state index contributed by atoms with van der Waals surface area (Å²) in [5.74, 6) is 1.19. The Balaban J connectivity index is 1.30. The zero-order chi connectivity index (χ0) is 26.7. The molecule has 0 unspecified atom stereocenters. The summed E-state index contributed by atoms with van der Waals surface area (Å²) in [5.41, 5.74) is 1.27. The van der Waals surface area contributed by atoms with Gasteiger partial charge in [-0.2, -0.15) is 0 Å². The fourth-order valence-electron chi connectivity index (χ4n) is 4.37. The van der Waals surface area contributed by atoms with Gasteiger partial charge in [0.2, 0.25) is 0 Å². The van der Waals surface area contributed by atoms with Crippen molar-refractivity contribution < 1.29 is 27.4 Å². The first-order valence-electron chi connectivity index (χ1n) is 12.2. The maximum Gasteiger partial charge on any atom is 0.264 e. The first kappa shape index (κ1) is 25.4. The van der Waals surface area contributed by atoms with Gasteiger partial charge in [0.05, 0.1) is 30.8 Å². The van der Waals surface area contributed by atoms with Crippen LogP contribution in [0.4, 0.5) is 5.69 Å². The van der Waals surface area contributed by atoms with E-state index in [9.17, 15) is 13.2 Å². The molecule has 0 saturated carbocycles. The predicted octanol–water partition coefficient (Wildman–Crippen LogP) is 4.31. The Morgan fingerprint density at radius 3 is 2.58 bits per heavy atom. The summed E-state index contributed by atoms with van der Waals surface area (Å²) in [5, 5.41) is 4.87. The number of nitrogens with one attached hydrogen (secondary N) is 1. The summed E-state index contributed by atoms with van der Waals surface area (Å²) >= 11 is 0. The Morgan fingerprint density at radius 2 is 1.79 bits per heavy atom. The van der Waals surface area contributed by atoms with Crippen LogP contribution in [0.2, 0.25) is 0 Å². The van der Waals surface area contributed by atoms with E-state index in [2.05, 4.69) is 5.32 Å². The molecule has 0 bridgehead atoms. The molecule has 38 heavy (non-hydrogen) atoms. The van der Waals surface area contributed by atoms with Gasteiger partial charge in [-0.15, -0.1) is 0 Å². The third kappa shape index (κ3) is 5.10. The topological polar surface area (TPSA) is 94.2 Å². The number of carbonyl (C=O) groups is 1. The van der Waals surface area contributed by atoms with E-state index >= 15 is 0 Å². The number of rotatable bonds is 8. The zero-order valence-corrected chi connectivity index (χ0v) is 21.9. The summed E-state index contributed by atoms with van der Waals surface area (Å²) in [7, 11) is -2.45. The lowest BCUT2D eigenvalue weighted by atomic mass is 10.1. The second-order valence-corrected chi connectivity index (χ2v) is 10.8. The van der Waals surface area contributed by atoms with Gasteiger partial charge in [0, 0.05) is 5.39 Å². The minimum atomic E-state index is -3.97. The number of anilines is 1. The van der Waals surface area contributed by atoms with Crippen LogP contribution < -0.4 is 23.8 Å². The normalized spacial score (nSPS) is 14.9. The fraction of sp³-hybridized carbons (Fsp3) is 0.207. The number of nitrogens with zero attached hydrogens (tertiary/aromatic N) is 1. The van der Waals surface area contributed by atoms with Crippen LogP contribution in [0, 0.1) is 6.92 Å². The smallest absolute Gasteiger partial charge is 0.264 e. The molecule has 196 valence electrons. The molecule has 1 atom stereocenters. The molecule has 0 spiro atoms. The second kappa shape index (κ2) is 10.6. The van der Waals surface area contributed by atoms with Crippen molar-refractivity contribution in [2.75, 3.05) is 31.1 Å². The maximum absolute atomic E-state index is 13.6. The number of hydrogen-bond acceptors (Lipinski definition) is 6. The van der Waals surface area contributed by atoms with Gasteiger partial charge in [-0.1, -0.05) is 42.5 Å². The second-order valence-electron chi connectivity index (χ2n) is 8.91. The van der Waals surface area contributed by atoms with E-state index in [0.29, 0.717) is 17.2 Å². The van der Waals surface area contributed by atoms with Gasteiger partial charge >= 0.3 is 0 Å². The highest BCUT2D eigenvalue weighted by atomic mass is 32.2. The first-order chi connectivity index (χ1) is 18.4. The molecular weight excluding hydrogens is 504 g/mol. The van der Waals surface area contributed by atoms with E-state index in [0.717, 1.165) is 22.1 Å². The van der Waals surface area contributed by atoms with Crippen LogP contribution in [0.15, 0.2) is 89.8 Å². The largest absolute Gasteiger partial charge is 0.497 e. The lowest BCUT2D eigenvalue weighted by Crippen LogP contribution is -2.51. The van der Waals surface area contributed by atoms with Crippen LogP contribution in [0.1, 0.15) is 5.56 Å². The maximum atomic E-state index is 13.6. The molecule has 0 saturated heterocycles. The van der Waals surface area contributed by atoms with Crippen LogP contribution in [0.3, 0.4) is 0 Å². The average Bonchev–Trinajstić information content (AvgIpc) is 2.94. The average molecular weight is 533 g/mol. The van der Waals surface area contributed by atoms with Gasteiger partial charge in [-0.3, -0.25) is 9.10 Å². The Morgan fingerprint density at radius 1 is 1.03 bits per heavy atom. The van der Waals surface area contributed by atoms with Crippen molar-refractivity contribution in [2.24, 2.45) is 0 Å². The highest BCUT2D eigenvalue weighted by molar-refractivity contribution is 7.92. The number of amides is 1. The molecule has 0 fully saturated rings. The number of fused-ring (bicyclic) bond motifs is 2. The number of aryl methyl sites for hydroxylation is 1. The summed E-state index contributed by atoms with van der Waals surface area (Å²) in [6, 6.07) is 25.1. The Kier molecular flexibility index (Phi) is 7.11. The molecular formula is C29H28N2O6S. The van der Waals surface area contributed by atoms with Crippen LogP contribution in [-0.4, -0.2) is 47.2 Å². The van der Waals surface area contributed by atoms with Crippen molar-refractivity contribution >= 4 is 32.4 Å². The van der Waals surface area contributed by atoms with E-state index < -0.39 is 22.0 Å². The van der Waals surface area contributed by atoms with Gasteiger partial charge in [0.1, 0.15) is 23.9 Å².